The second-order valence-electron chi connectivity index (χ2n) is 6.32. The maximum absolute atomic E-state index is 12.9. The van der Waals surface area contributed by atoms with Gasteiger partial charge in [0.1, 0.15) is 10.9 Å². The lowest BCUT2D eigenvalue weighted by molar-refractivity contribution is -0.118. The molecule has 140 valence electrons. The molecule has 0 fully saturated rings. The van der Waals surface area contributed by atoms with E-state index in [4.69, 9.17) is 11.6 Å². The first-order chi connectivity index (χ1) is 13.5. The Labute approximate surface area is 170 Å². The van der Waals surface area contributed by atoms with E-state index in [-0.39, 0.29) is 11.5 Å². The van der Waals surface area contributed by atoms with Gasteiger partial charge in [0, 0.05) is 15.6 Å². The first-order valence-corrected chi connectivity index (χ1v) is 9.85. The monoisotopic (exact) mass is 409 g/mol. The highest BCUT2D eigenvalue weighted by Crippen LogP contribution is 2.30. The molecule has 1 amide bonds. The second-order valence-corrected chi connectivity index (χ2v) is 7.79. The number of carbonyl (C=O) groups is 1. The van der Waals surface area contributed by atoms with Gasteiger partial charge in [-0.1, -0.05) is 41.9 Å². The Morgan fingerprint density at radius 3 is 2.57 bits per heavy atom. The number of fused-ring (bicyclic) bond motifs is 1. The van der Waals surface area contributed by atoms with Gasteiger partial charge in [-0.3, -0.25) is 14.2 Å². The SMILES string of the molecule is C[C@H](C(=O)Nc1ccc(Cl)cc1)n1cnc2sc(-c3ccccc3)cc2c1=O. The zero-order valence-electron chi connectivity index (χ0n) is 14.9. The van der Waals surface area contributed by atoms with E-state index < -0.39 is 6.04 Å². The summed E-state index contributed by atoms with van der Waals surface area (Å²) in [6, 6.07) is 17.8. The largest absolute Gasteiger partial charge is 0.324 e. The Balaban J connectivity index is 1.64. The molecule has 0 spiro atoms. The van der Waals surface area contributed by atoms with Gasteiger partial charge in [-0.2, -0.15) is 0 Å². The van der Waals surface area contributed by atoms with Crippen LogP contribution in [-0.2, 0) is 4.79 Å². The maximum atomic E-state index is 12.9. The number of hydrogen-bond donors (Lipinski definition) is 1. The molecule has 28 heavy (non-hydrogen) atoms. The standard InChI is InChI=1S/C21H16ClN3O2S/c1-13(19(26)24-16-9-7-15(22)8-10-16)25-12-23-20-17(21(25)27)11-18(28-20)14-5-3-2-4-6-14/h2-13H,1H3,(H,24,26)/t13-/m1/s1. The number of nitrogens with one attached hydrogen (secondary N) is 1. The van der Waals surface area contributed by atoms with Gasteiger partial charge < -0.3 is 5.32 Å². The Kier molecular flexibility index (Phi) is 4.98. The molecular weight excluding hydrogens is 394 g/mol. The first-order valence-electron chi connectivity index (χ1n) is 8.65. The third-order valence-electron chi connectivity index (χ3n) is 4.44. The lowest BCUT2D eigenvalue weighted by Gasteiger charge is -2.14. The van der Waals surface area contributed by atoms with E-state index in [1.54, 1.807) is 31.2 Å². The summed E-state index contributed by atoms with van der Waals surface area (Å²) in [6.45, 7) is 1.67. The quantitative estimate of drug-likeness (QED) is 0.517. The predicted octanol–water partition coefficient (Wildman–Crippen LogP) is 4.98. The lowest BCUT2D eigenvalue weighted by Crippen LogP contribution is -2.31. The van der Waals surface area contributed by atoms with Crippen LogP contribution in [0, 0.1) is 0 Å². The third-order valence-corrected chi connectivity index (χ3v) is 5.79. The Hall–Kier alpha value is -2.96. The number of amides is 1. The first kappa shape index (κ1) is 18.4. The Bertz CT molecular complexity index is 1200. The fourth-order valence-electron chi connectivity index (χ4n) is 2.86. The minimum atomic E-state index is -0.708. The van der Waals surface area contributed by atoms with Gasteiger partial charge in [-0.05, 0) is 42.8 Å². The Morgan fingerprint density at radius 1 is 1.14 bits per heavy atom. The summed E-state index contributed by atoms with van der Waals surface area (Å²) in [7, 11) is 0. The normalized spacial score (nSPS) is 12.1. The average Bonchev–Trinajstić information content (AvgIpc) is 3.15. The fraction of sp³-hybridized carbons (Fsp3) is 0.0952. The van der Waals surface area contributed by atoms with Crippen molar-refractivity contribution in [1.82, 2.24) is 9.55 Å². The summed E-state index contributed by atoms with van der Waals surface area (Å²) in [6.07, 6.45) is 1.43. The van der Waals surface area contributed by atoms with Crippen LogP contribution in [0.15, 0.2) is 71.8 Å². The zero-order chi connectivity index (χ0) is 19.7. The van der Waals surface area contributed by atoms with Crippen LogP contribution in [0.3, 0.4) is 0 Å². The average molecular weight is 410 g/mol. The van der Waals surface area contributed by atoms with Crippen molar-refractivity contribution >= 4 is 44.7 Å². The molecule has 1 atom stereocenters. The molecule has 7 heteroatoms. The molecule has 0 aliphatic carbocycles. The fourth-order valence-corrected chi connectivity index (χ4v) is 3.98. The maximum Gasteiger partial charge on any atom is 0.262 e. The van der Waals surface area contributed by atoms with E-state index in [1.807, 2.05) is 36.4 Å². The van der Waals surface area contributed by atoms with E-state index in [2.05, 4.69) is 10.3 Å². The number of carbonyl (C=O) groups excluding carboxylic acids is 1. The lowest BCUT2D eigenvalue weighted by atomic mass is 10.2. The third kappa shape index (κ3) is 3.56. The smallest absolute Gasteiger partial charge is 0.262 e. The zero-order valence-corrected chi connectivity index (χ0v) is 16.5. The van der Waals surface area contributed by atoms with E-state index in [0.29, 0.717) is 20.9 Å². The van der Waals surface area contributed by atoms with Gasteiger partial charge in [-0.15, -0.1) is 11.3 Å². The van der Waals surface area contributed by atoms with Gasteiger partial charge in [0.25, 0.3) is 5.56 Å². The molecule has 0 unspecified atom stereocenters. The predicted molar refractivity (Wildman–Crippen MR) is 114 cm³/mol. The number of benzene rings is 2. The molecule has 0 saturated carbocycles. The molecule has 0 saturated heterocycles. The van der Waals surface area contributed by atoms with Gasteiger partial charge in [0.05, 0.1) is 11.7 Å². The molecular formula is C21H16ClN3O2S. The van der Waals surface area contributed by atoms with E-state index in [9.17, 15) is 9.59 Å². The molecule has 0 aliphatic rings. The number of rotatable bonds is 4. The van der Waals surface area contributed by atoms with Crippen molar-refractivity contribution in [2.24, 2.45) is 0 Å². The van der Waals surface area contributed by atoms with Gasteiger partial charge in [0.15, 0.2) is 0 Å². The summed E-state index contributed by atoms with van der Waals surface area (Å²) in [5.74, 6) is -0.302. The summed E-state index contributed by atoms with van der Waals surface area (Å²) >= 11 is 7.32. The highest BCUT2D eigenvalue weighted by Gasteiger charge is 2.19. The van der Waals surface area contributed by atoms with Crippen LogP contribution in [0.2, 0.25) is 5.02 Å². The van der Waals surface area contributed by atoms with E-state index in [0.717, 1.165) is 10.4 Å². The Morgan fingerprint density at radius 2 is 1.86 bits per heavy atom. The molecule has 2 heterocycles. The van der Waals surface area contributed by atoms with Crippen LogP contribution >= 0.6 is 22.9 Å². The molecule has 4 rings (SSSR count). The molecule has 4 aromatic rings. The van der Waals surface area contributed by atoms with Crippen LogP contribution in [0.5, 0.6) is 0 Å². The van der Waals surface area contributed by atoms with Crippen molar-refractivity contribution in [3.05, 3.63) is 82.4 Å². The molecule has 0 bridgehead atoms. The number of halogens is 1. The highest BCUT2D eigenvalue weighted by atomic mass is 35.5. The second kappa shape index (κ2) is 7.58. The van der Waals surface area contributed by atoms with Crippen molar-refractivity contribution in [1.29, 1.82) is 0 Å². The van der Waals surface area contributed by atoms with E-state index >= 15 is 0 Å². The molecule has 5 nitrogen and oxygen atoms in total. The molecule has 2 aromatic heterocycles. The van der Waals surface area contributed by atoms with Crippen molar-refractivity contribution in [2.45, 2.75) is 13.0 Å². The number of anilines is 1. The van der Waals surface area contributed by atoms with Gasteiger partial charge >= 0.3 is 0 Å². The summed E-state index contributed by atoms with van der Waals surface area (Å²) in [4.78, 5) is 31.6. The van der Waals surface area contributed by atoms with Crippen molar-refractivity contribution in [3.63, 3.8) is 0 Å². The molecule has 0 aliphatic heterocycles. The number of hydrogen-bond acceptors (Lipinski definition) is 4. The minimum absolute atomic E-state index is 0.234. The number of nitrogens with zero attached hydrogens (tertiary/aromatic N) is 2. The summed E-state index contributed by atoms with van der Waals surface area (Å²) in [5, 5.41) is 3.89. The van der Waals surface area contributed by atoms with Crippen LogP contribution in [0.4, 0.5) is 5.69 Å². The summed E-state index contributed by atoms with van der Waals surface area (Å²) in [5.41, 5.74) is 1.41. The summed E-state index contributed by atoms with van der Waals surface area (Å²) < 4.78 is 1.36. The van der Waals surface area contributed by atoms with Crippen LogP contribution in [-0.4, -0.2) is 15.5 Å². The van der Waals surface area contributed by atoms with Crippen molar-refractivity contribution < 1.29 is 4.79 Å². The minimum Gasteiger partial charge on any atom is -0.324 e. The number of aromatic nitrogens is 2. The van der Waals surface area contributed by atoms with Crippen LogP contribution in [0.25, 0.3) is 20.7 Å². The molecule has 1 N–H and O–H groups in total. The van der Waals surface area contributed by atoms with Crippen LogP contribution in [0.1, 0.15) is 13.0 Å². The topological polar surface area (TPSA) is 64.0 Å². The van der Waals surface area contributed by atoms with Gasteiger partial charge in [-0.25, -0.2) is 4.98 Å². The van der Waals surface area contributed by atoms with Crippen LogP contribution < -0.4 is 10.9 Å². The number of thiophene rings is 1. The van der Waals surface area contributed by atoms with Gasteiger partial charge in [0.2, 0.25) is 5.91 Å². The van der Waals surface area contributed by atoms with Crippen molar-refractivity contribution in [3.8, 4) is 10.4 Å². The molecule has 2 aromatic carbocycles. The van der Waals surface area contributed by atoms with Crippen molar-refractivity contribution in [2.75, 3.05) is 5.32 Å². The molecule has 0 radical (unpaired) electrons. The van der Waals surface area contributed by atoms with E-state index in [1.165, 1.54) is 22.2 Å². The highest BCUT2D eigenvalue weighted by molar-refractivity contribution is 7.21.